The van der Waals surface area contributed by atoms with E-state index in [1.165, 1.54) is 18.4 Å². The Labute approximate surface area is 233 Å². The van der Waals surface area contributed by atoms with Gasteiger partial charge in [0.05, 0.1) is 6.20 Å². The lowest BCUT2D eigenvalue weighted by Crippen LogP contribution is -2.56. The summed E-state index contributed by atoms with van der Waals surface area (Å²) in [5, 5.41) is 7.42. The molecule has 3 heterocycles. The number of aryl methyl sites for hydroxylation is 1. The highest BCUT2D eigenvalue weighted by Crippen LogP contribution is 2.42. The normalized spacial score (nSPS) is 14.6. The summed E-state index contributed by atoms with van der Waals surface area (Å²) in [4.78, 5) is 20.2. The number of carbonyl (C=O) groups excluding carboxylic acids is 1. The topological polar surface area (TPSA) is 63.1 Å². The molecule has 0 radical (unpaired) electrons. The van der Waals surface area contributed by atoms with Crippen molar-refractivity contribution in [3.05, 3.63) is 90.0 Å². The van der Waals surface area contributed by atoms with Crippen LogP contribution in [-0.4, -0.2) is 33.8 Å². The SMILES string of the molecule is C=Cc1ccc(-c2cnn(C)c2)cc1/C=C(\CC)NC(=O)c1ccnc(N2CC(CCC)(CCC(=C)C)C2)c1. The summed E-state index contributed by atoms with van der Waals surface area (Å²) in [6.07, 6.45) is 14.7. The fraction of sp³-hybridized carbons (Fsp3) is 0.364. The molecule has 3 aromatic rings. The van der Waals surface area contributed by atoms with Gasteiger partial charge in [-0.05, 0) is 73.6 Å². The smallest absolute Gasteiger partial charge is 0.255 e. The van der Waals surface area contributed by atoms with Gasteiger partial charge in [0, 0.05) is 54.8 Å². The van der Waals surface area contributed by atoms with Gasteiger partial charge in [-0.2, -0.15) is 5.10 Å². The van der Waals surface area contributed by atoms with Crippen LogP contribution in [0.5, 0.6) is 0 Å². The summed E-state index contributed by atoms with van der Waals surface area (Å²) in [5.41, 5.74) is 7.14. The van der Waals surface area contributed by atoms with Gasteiger partial charge in [0.25, 0.3) is 5.91 Å². The molecule has 0 saturated carbocycles. The third-order valence-electron chi connectivity index (χ3n) is 7.58. The molecule has 1 fully saturated rings. The van der Waals surface area contributed by atoms with Crippen LogP contribution in [-0.2, 0) is 7.05 Å². The number of nitrogens with one attached hydrogen (secondary N) is 1. The molecule has 1 aliphatic heterocycles. The average molecular weight is 524 g/mol. The lowest BCUT2D eigenvalue weighted by atomic mass is 9.72. The maximum Gasteiger partial charge on any atom is 0.255 e. The Morgan fingerprint density at radius 2 is 1.92 bits per heavy atom. The van der Waals surface area contributed by atoms with Gasteiger partial charge in [0.1, 0.15) is 5.82 Å². The summed E-state index contributed by atoms with van der Waals surface area (Å²) in [6.45, 7) is 16.4. The molecule has 204 valence electrons. The van der Waals surface area contributed by atoms with Gasteiger partial charge in [-0.1, -0.05) is 50.6 Å². The van der Waals surface area contributed by atoms with Gasteiger partial charge in [0.15, 0.2) is 0 Å². The minimum atomic E-state index is -0.127. The van der Waals surface area contributed by atoms with E-state index in [-0.39, 0.29) is 5.91 Å². The summed E-state index contributed by atoms with van der Waals surface area (Å²) >= 11 is 0. The third-order valence-corrected chi connectivity index (χ3v) is 7.58. The van der Waals surface area contributed by atoms with Gasteiger partial charge in [-0.25, -0.2) is 4.98 Å². The first-order valence-electron chi connectivity index (χ1n) is 13.9. The molecule has 39 heavy (non-hydrogen) atoms. The van der Waals surface area contributed by atoms with Crippen molar-refractivity contribution < 1.29 is 4.79 Å². The molecule has 0 bridgehead atoms. The number of nitrogens with zero attached hydrogens (tertiary/aromatic N) is 4. The maximum atomic E-state index is 13.3. The minimum absolute atomic E-state index is 0.127. The maximum absolute atomic E-state index is 13.3. The van der Waals surface area contributed by atoms with Crippen LogP contribution in [0.25, 0.3) is 23.3 Å². The number of amides is 1. The largest absolute Gasteiger partial charge is 0.355 e. The highest BCUT2D eigenvalue weighted by molar-refractivity contribution is 5.96. The Balaban J connectivity index is 1.49. The Morgan fingerprint density at radius 3 is 2.56 bits per heavy atom. The van der Waals surface area contributed by atoms with Crippen LogP contribution < -0.4 is 10.2 Å². The minimum Gasteiger partial charge on any atom is -0.355 e. The van der Waals surface area contributed by atoms with Crippen LogP contribution in [0, 0.1) is 5.41 Å². The highest BCUT2D eigenvalue weighted by Gasteiger charge is 2.42. The Hall–Kier alpha value is -3.93. The zero-order valence-electron chi connectivity index (χ0n) is 23.8. The standard InChI is InChI=1S/C33H41N5O/c1-7-14-33(15-12-24(4)5)22-38(23-33)31-19-27(13-16-34-31)32(39)36-30(9-3)18-28-17-26(11-10-25(28)8-2)29-20-35-37(6)21-29/h8,10-11,13,16-21H,2,4,7,9,12,14-15,22-23H2,1,3,5-6H3,(H,36,39)/b30-18+. The average Bonchev–Trinajstić information content (AvgIpc) is 3.35. The quantitative estimate of drug-likeness (QED) is 0.254. The first-order chi connectivity index (χ1) is 18.8. The van der Waals surface area contributed by atoms with Gasteiger partial charge in [0.2, 0.25) is 0 Å². The van der Waals surface area contributed by atoms with E-state index in [9.17, 15) is 4.79 Å². The number of hydrogen-bond acceptors (Lipinski definition) is 4. The second-order valence-corrected chi connectivity index (χ2v) is 10.9. The number of anilines is 1. The highest BCUT2D eigenvalue weighted by atomic mass is 16.1. The Kier molecular flexibility index (Phi) is 8.85. The molecule has 0 aliphatic carbocycles. The second-order valence-electron chi connectivity index (χ2n) is 10.9. The van der Waals surface area contributed by atoms with E-state index >= 15 is 0 Å². The van der Waals surface area contributed by atoms with E-state index < -0.39 is 0 Å². The number of allylic oxidation sites excluding steroid dienone is 2. The van der Waals surface area contributed by atoms with Gasteiger partial charge in [-0.15, -0.1) is 6.58 Å². The molecule has 1 aliphatic rings. The van der Waals surface area contributed by atoms with E-state index in [4.69, 9.17) is 0 Å². The predicted octanol–water partition coefficient (Wildman–Crippen LogP) is 7.27. The molecule has 2 aromatic heterocycles. The second kappa shape index (κ2) is 12.3. The van der Waals surface area contributed by atoms with Gasteiger partial charge >= 0.3 is 0 Å². The van der Waals surface area contributed by atoms with Crippen molar-refractivity contribution in [3.63, 3.8) is 0 Å². The van der Waals surface area contributed by atoms with Crippen molar-refractivity contribution in [2.45, 2.75) is 52.9 Å². The predicted molar refractivity (Wildman–Crippen MR) is 162 cm³/mol. The van der Waals surface area contributed by atoms with Crippen LogP contribution >= 0.6 is 0 Å². The van der Waals surface area contributed by atoms with Crippen LogP contribution in [0.4, 0.5) is 5.82 Å². The third kappa shape index (κ3) is 6.75. The van der Waals surface area contributed by atoms with E-state index in [0.29, 0.717) is 17.4 Å². The molecular weight excluding hydrogens is 482 g/mol. The summed E-state index contributed by atoms with van der Waals surface area (Å²) in [6, 6.07) is 9.92. The Morgan fingerprint density at radius 1 is 1.13 bits per heavy atom. The van der Waals surface area contributed by atoms with Gasteiger partial charge < -0.3 is 10.2 Å². The van der Waals surface area contributed by atoms with Crippen molar-refractivity contribution in [3.8, 4) is 11.1 Å². The summed E-state index contributed by atoms with van der Waals surface area (Å²) in [7, 11) is 1.91. The summed E-state index contributed by atoms with van der Waals surface area (Å²) < 4.78 is 1.79. The molecule has 1 aromatic carbocycles. The van der Waals surface area contributed by atoms with Gasteiger partial charge in [-0.3, -0.25) is 9.48 Å². The molecule has 1 saturated heterocycles. The number of hydrogen-bond donors (Lipinski definition) is 1. The number of pyridine rings is 1. The molecule has 0 unspecified atom stereocenters. The van der Waals surface area contributed by atoms with Crippen LogP contribution in [0.2, 0.25) is 0 Å². The van der Waals surface area contributed by atoms with E-state index in [0.717, 1.165) is 59.7 Å². The van der Waals surface area contributed by atoms with Crippen molar-refractivity contribution in [2.24, 2.45) is 12.5 Å². The lowest BCUT2D eigenvalue weighted by Gasteiger charge is -2.51. The summed E-state index contributed by atoms with van der Waals surface area (Å²) in [5.74, 6) is 0.739. The molecule has 1 N–H and O–H groups in total. The molecule has 6 nitrogen and oxygen atoms in total. The molecular formula is C33H41N5O. The van der Waals surface area contributed by atoms with Crippen LogP contribution in [0.15, 0.2) is 73.4 Å². The van der Waals surface area contributed by atoms with E-state index in [1.54, 1.807) is 16.9 Å². The lowest BCUT2D eigenvalue weighted by molar-refractivity contribution is 0.0965. The molecule has 1 amide bonds. The molecule has 6 heteroatoms. The molecule has 0 atom stereocenters. The fourth-order valence-electron chi connectivity index (χ4n) is 5.38. The molecule has 4 rings (SSSR count). The number of aromatic nitrogens is 3. The van der Waals surface area contributed by atoms with Crippen molar-refractivity contribution in [2.75, 3.05) is 18.0 Å². The number of carbonyl (C=O) groups is 1. The van der Waals surface area contributed by atoms with Crippen LogP contribution in [0.1, 0.15) is 74.4 Å². The Bertz CT molecular complexity index is 1380. The monoisotopic (exact) mass is 523 g/mol. The van der Waals surface area contributed by atoms with E-state index in [2.05, 4.69) is 59.4 Å². The molecule has 0 spiro atoms. The number of benzene rings is 1. The zero-order chi connectivity index (χ0) is 28.0. The number of rotatable bonds is 12. The fourth-order valence-corrected chi connectivity index (χ4v) is 5.38. The van der Waals surface area contributed by atoms with Crippen LogP contribution in [0.3, 0.4) is 0 Å². The van der Waals surface area contributed by atoms with Crippen molar-refractivity contribution in [1.29, 1.82) is 0 Å². The van der Waals surface area contributed by atoms with E-state index in [1.807, 2.05) is 50.6 Å². The van der Waals surface area contributed by atoms with Crippen molar-refractivity contribution in [1.82, 2.24) is 20.1 Å². The first-order valence-corrected chi connectivity index (χ1v) is 13.9. The first kappa shape index (κ1) is 28.1. The zero-order valence-corrected chi connectivity index (χ0v) is 23.8. The van der Waals surface area contributed by atoms with Crippen molar-refractivity contribution >= 4 is 23.9 Å².